The predicted molar refractivity (Wildman–Crippen MR) is 177 cm³/mol. The Morgan fingerprint density at radius 2 is 1.55 bits per heavy atom. The van der Waals surface area contributed by atoms with Gasteiger partial charge in [0.1, 0.15) is 17.2 Å². The summed E-state index contributed by atoms with van der Waals surface area (Å²) in [5.41, 5.74) is 1.94. The van der Waals surface area contributed by atoms with Gasteiger partial charge in [-0.15, -0.1) is 11.8 Å². The van der Waals surface area contributed by atoms with Gasteiger partial charge in [0.2, 0.25) is 5.91 Å². The molecule has 0 bridgehead atoms. The third kappa shape index (κ3) is 8.79. The first-order chi connectivity index (χ1) is 21.2. The van der Waals surface area contributed by atoms with Crippen molar-refractivity contribution in [3.63, 3.8) is 0 Å². The van der Waals surface area contributed by atoms with Crippen LogP contribution in [0.4, 0.5) is 11.4 Å². The Morgan fingerprint density at radius 1 is 0.795 bits per heavy atom. The minimum absolute atomic E-state index is 0.00486. The highest BCUT2D eigenvalue weighted by Crippen LogP contribution is 2.30. The Bertz CT molecular complexity index is 1700. The number of hydrogen-bond donors (Lipinski definition) is 3. The maximum absolute atomic E-state index is 13.6. The fourth-order valence-corrected chi connectivity index (χ4v) is 5.18. The Hall–Kier alpha value is -4.44. The number of rotatable bonds is 11. The molecule has 0 aliphatic carbocycles. The van der Waals surface area contributed by atoms with Gasteiger partial charge in [0.15, 0.2) is 0 Å². The molecule has 1 unspecified atom stereocenters. The lowest BCUT2D eigenvalue weighted by molar-refractivity contribution is -0.115. The van der Waals surface area contributed by atoms with Gasteiger partial charge in [-0.05, 0) is 73.7 Å². The highest BCUT2D eigenvalue weighted by molar-refractivity contribution is 8.00. The van der Waals surface area contributed by atoms with Crippen molar-refractivity contribution in [1.29, 1.82) is 0 Å². The van der Waals surface area contributed by atoms with Crippen LogP contribution in [-0.2, 0) is 9.59 Å². The first kappa shape index (κ1) is 32.5. The number of hydrogen-bond acceptors (Lipinski definition) is 6. The van der Waals surface area contributed by atoms with Crippen molar-refractivity contribution in [3.05, 3.63) is 118 Å². The molecule has 4 rings (SSSR count). The van der Waals surface area contributed by atoms with Crippen molar-refractivity contribution >= 4 is 70.1 Å². The number of methoxy groups -OCH3 is 2. The van der Waals surface area contributed by atoms with Gasteiger partial charge < -0.3 is 25.4 Å². The second-order valence-electron chi connectivity index (χ2n) is 9.35. The third-order valence-corrected chi connectivity index (χ3v) is 8.06. The zero-order valence-corrected chi connectivity index (χ0v) is 26.3. The molecule has 4 aromatic rings. The molecule has 0 radical (unpaired) electrons. The lowest BCUT2D eigenvalue weighted by Gasteiger charge is -2.15. The van der Waals surface area contributed by atoms with Gasteiger partial charge in [-0.1, -0.05) is 47.5 Å². The molecule has 0 aliphatic rings. The molecule has 0 heterocycles. The molecule has 226 valence electrons. The normalized spacial score (nSPS) is 11.7. The molecule has 11 heteroatoms. The number of thioether (sulfide) groups is 1. The molecule has 1 atom stereocenters. The average Bonchev–Trinajstić information content (AvgIpc) is 3.03. The van der Waals surface area contributed by atoms with E-state index in [4.69, 9.17) is 32.7 Å². The van der Waals surface area contributed by atoms with Crippen LogP contribution in [0.1, 0.15) is 22.8 Å². The van der Waals surface area contributed by atoms with Crippen molar-refractivity contribution in [2.45, 2.75) is 17.1 Å². The maximum Gasteiger partial charge on any atom is 0.272 e. The fraction of sp³-hybridized carbons (Fsp3) is 0.121. The summed E-state index contributed by atoms with van der Waals surface area (Å²) in [7, 11) is 3.04. The summed E-state index contributed by atoms with van der Waals surface area (Å²) in [6.45, 7) is 1.77. The number of benzene rings is 4. The number of amides is 3. The lowest BCUT2D eigenvalue weighted by atomic mass is 10.1. The van der Waals surface area contributed by atoms with E-state index in [0.29, 0.717) is 44.0 Å². The van der Waals surface area contributed by atoms with E-state index in [2.05, 4.69) is 16.0 Å². The van der Waals surface area contributed by atoms with E-state index in [9.17, 15) is 14.4 Å². The van der Waals surface area contributed by atoms with E-state index in [1.165, 1.54) is 24.9 Å². The Morgan fingerprint density at radius 3 is 2.25 bits per heavy atom. The topological polar surface area (TPSA) is 106 Å². The molecule has 3 N–H and O–H groups in total. The van der Waals surface area contributed by atoms with Gasteiger partial charge in [0.05, 0.1) is 29.5 Å². The average molecular weight is 651 g/mol. The summed E-state index contributed by atoms with van der Waals surface area (Å²) < 4.78 is 10.8. The first-order valence-electron chi connectivity index (χ1n) is 13.3. The van der Waals surface area contributed by atoms with E-state index in [1.807, 2.05) is 6.07 Å². The monoisotopic (exact) mass is 649 g/mol. The summed E-state index contributed by atoms with van der Waals surface area (Å²) in [6.07, 6.45) is 1.53. The number of carbonyl (C=O) groups excluding carboxylic acids is 3. The van der Waals surface area contributed by atoms with Crippen LogP contribution in [0.3, 0.4) is 0 Å². The molecule has 0 saturated heterocycles. The molecule has 0 aliphatic heterocycles. The first-order valence-corrected chi connectivity index (χ1v) is 14.9. The smallest absolute Gasteiger partial charge is 0.272 e. The van der Waals surface area contributed by atoms with Crippen molar-refractivity contribution in [2.75, 3.05) is 24.9 Å². The molecule has 3 amide bonds. The van der Waals surface area contributed by atoms with Gasteiger partial charge >= 0.3 is 0 Å². The largest absolute Gasteiger partial charge is 0.497 e. The van der Waals surface area contributed by atoms with Crippen molar-refractivity contribution in [2.24, 2.45) is 0 Å². The molecule has 0 fully saturated rings. The minimum atomic E-state index is -0.556. The molecule has 4 aromatic carbocycles. The van der Waals surface area contributed by atoms with Gasteiger partial charge in [0, 0.05) is 33.5 Å². The summed E-state index contributed by atoms with van der Waals surface area (Å²) in [4.78, 5) is 40.1. The zero-order chi connectivity index (χ0) is 31.6. The Labute approximate surface area is 269 Å². The molecule has 0 saturated carbocycles. The second kappa shape index (κ2) is 15.3. The summed E-state index contributed by atoms with van der Waals surface area (Å²) in [5, 5.41) is 8.65. The van der Waals surface area contributed by atoms with Crippen molar-refractivity contribution in [3.8, 4) is 11.5 Å². The Kier molecular flexibility index (Phi) is 11.3. The maximum atomic E-state index is 13.6. The van der Waals surface area contributed by atoms with Crippen molar-refractivity contribution in [1.82, 2.24) is 5.32 Å². The molecule has 44 heavy (non-hydrogen) atoms. The van der Waals surface area contributed by atoms with Crippen LogP contribution in [0.2, 0.25) is 10.0 Å². The van der Waals surface area contributed by atoms with E-state index < -0.39 is 17.1 Å². The highest BCUT2D eigenvalue weighted by Gasteiger charge is 2.18. The number of ether oxygens (including phenoxy) is 2. The number of nitrogens with one attached hydrogen (secondary N) is 3. The molecular weight excluding hydrogens is 621 g/mol. The second-order valence-corrected chi connectivity index (χ2v) is 11.6. The number of anilines is 2. The summed E-state index contributed by atoms with van der Waals surface area (Å²) in [6, 6.07) is 25.6. The van der Waals surface area contributed by atoms with Crippen LogP contribution < -0.4 is 25.4 Å². The quantitative estimate of drug-likeness (QED) is 0.114. The van der Waals surface area contributed by atoms with Gasteiger partial charge in [-0.2, -0.15) is 0 Å². The van der Waals surface area contributed by atoms with Gasteiger partial charge in [0.25, 0.3) is 11.8 Å². The van der Waals surface area contributed by atoms with Crippen LogP contribution in [-0.4, -0.2) is 37.2 Å². The molecule has 0 aromatic heterocycles. The van der Waals surface area contributed by atoms with E-state index >= 15 is 0 Å². The lowest BCUT2D eigenvalue weighted by Crippen LogP contribution is -2.30. The SMILES string of the molecule is COc1ccc(/C=C(/NC(=O)c2ccccc2)C(=O)Nc2cccc(SC(C)C(=O)Nc3ccc(Cl)c(Cl)c3)c2)c(OC)c1. The highest BCUT2D eigenvalue weighted by atomic mass is 35.5. The summed E-state index contributed by atoms with van der Waals surface area (Å²) in [5.74, 6) is -0.210. The van der Waals surface area contributed by atoms with Crippen molar-refractivity contribution < 1.29 is 23.9 Å². The molecule has 8 nitrogen and oxygen atoms in total. The number of halogens is 2. The third-order valence-electron chi connectivity index (χ3n) is 6.23. The van der Waals surface area contributed by atoms with Crippen LogP contribution in [0.5, 0.6) is 11.5 Å². The number of carbonyl (C=O) groups is 3. The van der Waals surface area contributed by atoms with E-state index in [1.54, 1.807) is 99.0 Å². The molecular formula is C33H29Cl2N3O5S. The zero-order valence-electron chi connectivity index (χ0n) is 24.0. The van der Waals surface area contributed by atoms with Gasteiger partial charge in [-0.25, -0.2) is 0 Å². The predicted octanol–water partition coefficient (Wildman–Crippen LogP) is 7.54. The van der Waals surface area contributed by atoms with E-state index in [-0.39, 0.29) is 11.6 Å². The van der Waals surface area contributed by atoms with Crippen LogP contribution >= 0.6 is 35.0 Å². The molecule has 0 spiro atoms. The van der Waals surface area contributed by atoms with E-state index in [0.717, 1.165) is 4.90 Å². The van der Waals surface area contributed by atoms with Crippen LogP contribution in [0.15, 0.2) is 102 Å². The van der Waals surface area contributed by atoms with Gasteiger partial charge in [-0.3, -0.25) is 14.4 Å². The standard InChI is InChI=1S/C33H29Cl2N3O5S/c1-20(31(39)36-24-13-15-27(34)28(35)18-24)44-26-11-7-10-23(17-26)37-33(41)29(38-32(40)21-8-5-4-6-9-21)16-22-12-14-25(42-2)19-30(22)43-3/h4-20H,1-3H3,(H,36,39)(H,37,41)(H,38,40)/b29-16+. The fourth-order valence-electron chi connectivity index (χ4n) is 3.96. The summed E-state index contributed by atoms with van der Waals surface area (Å²) >= 11 is 13.3. The van der Waals surface area contributed by atoms with Crippen LogP contribution in [0.25, 0.3) is 6.08 Å². The minimum Gasteiger partial charge on any atom is -0.497 e. The Balaban J connectivity index is 1.52. The van der Waals surface area contributed by atoms with Crippen LogP contribution in [0, 0.1) is 0 Å².